The summed E-state index contributed by atoms with van der Waals surface area (Å²) in [5, 5.41) is 2.67. The molecule has 1 aromatic heterocycles. The van der Waals surface area contributed by atoms with Crippen LogP contribution in [0.5, 0.6) is 11.5 Å². The molecule has 1 amide bonds. The first-order chi connectivity index (χ1) is 13.0. The molecule has 0 atom stereocenters. The van der Waals surface area contributed by atoms with Crippen molar-refractivity contribution in [3.05, 3.63) is 45.6 Å². The molecule has 142 valence electrons. The maximum atomic E-state index is 12.1. The molecule has 0 saturated heterocycles. The van der Waals surface area contributed by atoms with Crippen LogP contribution in [0.15, 0.2) is 30.3 Å². The standard InChI is InChI=1S/C19H19NO6S/c1-12(21)20-9-14-4-6-18(27-14)15(22)10-24-19(23)7-3-13-2-5-16-17(8-13)26-11-25-16/h2,4-6,8H,3,7,9-11H2,1H3,(H,20,21). The topological polar surface area (TPSA) is 90.9 Å². The molecule has 1 aliphatic heterocycles. The Labute approximate surface area is 160 Å². The van der Waals surface area contributed by atoms with E-state index in [0.29, 0.717) is 29.3 Å². The summed E-state index contributed by atoms with van der Waals surface area (Å²) >= 11 is 1.27. The molecule has 1 N–H and O–H groups in total. The summed E-state index contributed by atoms with van der Waals surface area (Å²) < 4.78 is 15.6. The predicted octanol–water partition coefficient (Wildman–Crippen LogP) is 2.47. The molecule has 8 heteroatoms. The highest BCUT2D eigenvalue weighted by Gasteiger charge is 2.15. The molecule has 1 aromatic carbocycles. The summed E-state index contributed by atoms with van der Waals surface area (Å²) in [6.07, 6.45) is 0.661. The lowest BCUT2D eigenvalue weighted by atomic mass is 10.1. The molecule has 0 fully saturated rings. The number of esters is 1. The van der Waals surface area contributed by atoms with E-state index >= 15 is 0 Å². The van der Waals surface area contributed by atoms with Gasteiger partial charge in [-0.15, -0.1) is 11.3 Å². The average Bonchev–Trinajstić information content (AvgIpc) is 3.31. The van der Waals surface area contributed by atoms with Gasteiger partial charge in [0.05, 0.1) is 11.4 Å². The number of amides is 1. The Morgan fingerprint density at radius 1 is 1.15 bits per heavy atom. The van der Waals surface area contributed by atoms with Gasteiger partial charge >= 0.3 is 5.97 Å². The van der Waals surface area contributed by atoms with Crippen molar-refractivity contribution in [2.45, 2.75) is 26.3 Å². The number of fused-ring (bicyclic) bond motifs is 1. The monoisotopic (exact) mass is 389 g/mol. The van der Waals surface area contributed by atoms with Gasteiger partial charge in [0.15, 0.2) is 18.1 Å². The van der Waals surface area contributed by atoms with Gasteiger partial charge in [0.1, 0.15) is 0 Å². The number of Topliss-reactive ketones (excluding diaryl/α,β-unsaturated/α-hetero) is 1. The first-order valence-corrected chi connectivity index (χ1v) is 9.23. The zero-order chi connectivity index (χ0) is 19.2. The largest absolute Gasteiger partial charge is 0.457 e. The smallest absolute Gasteiger partial charge is 0.306 e. The lowest BCUT2D eigenvalue weighted by Gasteiger charge is -2.05. The summed E-state index contributed by atoms with van der Waals surface area (Å²) in [4.78, 5) is 36.3. The third-order valence-electron chi connectivity index (χ3n) is 3.87. The quantitative estimate of drug-likeness (QED) is 0.551. The van der Waals surface area contributed by atoms with Gasteiger partial charge < -0.3 is 19.5 Å². The van der Waals surface area contributed by atoms with E-state index in [1.807, 2.05) is 18.2 Å². The first-order valence-electron chi connectivity index (χ1n) is 8.42. The Morgan fingerprint density at radius 3 is 2.78 bits per heavy atom. The van der Waals surface area contributed by atoms with Crippen molar-refractivity contribution in [3.8, 4) is 11.5 Å². The SMILES string of the molecule is CC(=O)NCc1ccc(C(=O)COC(=O)CCc2ccc3c(c2)OCO3)s1. The van der Waals surface area contributed by atoms with Crippen molar-refractivity contribution in [1.29, 1.82) is 0 Å². The second kappa shape index (κ2) is 8.68. The molecule has 7 nitrogen and oxygen atoms in total. The third-order valence-corrected chi connectivity index (χ3v) is 4.99. The van der Waals surface area contributed by atoms with Crippen LogP contribution in [0.25, 0.3) is 0 Å². The van der Waals surface area contributed by atoms with Gasteiger partial charge in [0, 0.05) is 18.2 Å². The van der Waals surface area contributed by atoms with Crippen molar-refractivity contribution < 1.29 is 28.6 Å². The number of hydrogen-bond donors (Lipinski definition) is 1. The fourth-order valence-corrected chi connectivity index (χ4v) is 3.34. The van der Waals surface area contributed by atoms with Crippen LogP contribution in [0.3, 0.4) is 0 Å². The Kier molecular flexibility index (Phi) is 6.08. The Bertz CT molecular complexity index is 860. The lowest BCUT2D eigenvalue weighted by molar-refractivity contribution is -0.142. The van der Waals surface area contributed by atoms with Gasteiger partial charge in [0.25, 0.3) is 0 Å². The van der Waals surface area contributed by atoms with Gasteiger partial charge in [-0.2, -0.15) is 0 Å². The van der Waals surface area contributed by atoms with E-state index in [9.17, 15) is 14.4 Å². The number of hydrogen-bond acceptors (Lipinski definition) is 7. The maximum absolute atomic E-state index is 12.1. The fraction of sp³-hybridized carbons (Fsp3) is 0.316. The highest BCUT2D eigenvalue weighted by atomic mass is 32.1. The van der Waals surface area contributed by atoms with Gasteiger partial charge in [-0.3, -0.25) is 14.4 Å². The number of aryl methyl sites for hydroxylation is 1. The van der Waals surface area contributed by atoms with Gasteiger partial charge in [-0.05, 0) is 36.2 Å². The van der Waals surface area contributed by atoms with Crippen molar-refractivity contribution in [2.24, 2.45) is 0 Å². The van der Waals surface area contributed by atoms with Crippen LogP contribution < -0.4 is 14.8 Å². The van der Waals surface area contributed by atoms with Crippen LogP contribution in [-0.4, -0.2) is 31.1 Å². The maximum Gasteiger partial charge on any atom is 0.306 e. The number of carbonyl (C=O) groups is 3. The molecule has 0 aliphatic carbocycles. The van der Waals surface area contributed by atoms with Gasteiger partial charge in [0.2, 0.25) is 18.5 Å². The molecular formula is C19H19NO6S. The van der Waals surface area contributed by atoms with Crippen LogP contribution >= 0.6 is 11.3 Å². The number of benzene rings is 1. The number of ketones is 1. The lowest BCUT2D eigenvalue weighted by Crippen LogP contribution is -2.18. The number of ether oxygens (including phenoxy) is 3. The number of thiophene rings is 1. The molecule has 2 aromatic rings. The highest BCUT2D eigenvalue weighted by Crippen LogP contribution is 2.32. The van der Waals surface area contributed by atoms with E-state index in [1.165, 1.54) is 18.3 Å². The second-order valence-electron chi connectivity index (χ2n) is 5.95. The molecule has 3 rings (SSSR count). The zero-order valence-electron chi connectivity index (χ0n) is 14.8. The van der Waals surface area contributed by atoms with Crippen LogP contribution in [0, 0.1) is 0 Å². The summed E-state index contributed by atoms with van der Waals surface area (Å²) in [5.74, 6) is 0.541. The third kappa shape index (κ3) is 5.30. The molecule has 27 heavy (non-hydrogen) atoms. The van der Waals surface area contributed by atoms with Crippen molar-refractivity contribution in [2.75, 3.05) is 13.4 Å². The zero-order valence-corrected chi connectivity index (χ0v) is 15.6. The van der Waals surface area contributed by atoms with Crippen molar-refractivity contribution >= 4 is 29.0 Å². The van der Waals surface area contributed by atoms with Crippen LogP contribution in [0.4, 0.5) is 0 Å². The number of nitrogens with one attached hydrogen (secondary N) is 1. The van der Waals surface area contributed by atoms with E-state index in [0.717, 1.165) is 10.4 Å². The Balaban J connectivity index is 1.42. The van der Waals surface area contributed by atoms with E-state index in [1.54, 1.807) is 12.1 Å². The van der Waals surface area contributed by atoms with Crippen LogP contribution in [0.1, 0.15) is 33.5 Å². The molecule has 2 heterocycles. The summed E-state index contributed by atoms with van der Waals surface area (Å²) in [6.45, 7) is 1.73. The van der Waals surface area contributed by atoms with Crippen molar-refractivity contribution in [3.63, 3.8) is 0 Å². The van der Waals surface area contributed by atoms with Crippen LogP contribution in [0.2, 0.25) is 0 Å². The minimum absolute atomic E-state index is 0.132. The Morgan fingerprint density at radius 2 is 1.96 bits per heavy atom. The molecular weight excluding hydrogens is 370 g/mol. The minimum Gasteiger partial charge on any atom is -0.457 e. The molecule has 0 bridgehead atoms. The number of carbonyl (C=O) groups excluding carboxylic acids is 3. The molecule has 0 radical (unpaired) electrons. The van der Waals surface area contributed by atoms with E-state index in [4.69, 9.17) is 14.2 Å². The summed E-state index contributed by atoms with van der Waals surface area (Å²) in [5.41, 5.74) is 0.934. The summed E-state index contributed by atoms with van der Waals surface area (Å²) in [7, 11) is 0. The van der Waals surface area contributed by atoms with E-state index < -0.39 is 5.97 Å². The second-order valence-corrected chi connectivity index (χ2v) is 7.12. The van der Waals surface area contributed by atoms with Gasteiger partial charge in [-0.1, -0.05) is 6.07 Å². The molecule has 0 saturated carbocycles. The summed E-state index contributed by atoms with van der Waals surface area (Å²) in [6, 6.07) is 8.96. The predicted molar refractivity (Wildman–Crippen MR) is 98.0 cm³/mol. The van der Waals surface area contributed by atoms with Gasteiger partial charge in [-0.25, -0.2) is 0 Å². The van der Waals surface area contributed by atoms with Crippen molar-refractivity contribution in [1.82, 2.24) is 5.32 Å². The van der Waals surface area contributed by atoms with Crippen LogP contribution in [-0.2, 0) is 27.3 Å². The van der Waals surface area contributed by atoms with E-state index in [2.05, 4.69) is 5.32 Å². The normalized spacial score (nSPS) is 11.9. The highest BCUT2D eigenvalue weighted by molar-refractivity contribution is 7.14. The van der Waals surface area contributed by atoms with E-state index in [-0.39, 0.29) is 31.5 Å². The number of rotatable bonds is 8. The minimum atomic E-state index is -0.434. The fourth-order valence-electron chi connectivity index (χ4n) is 2.47. The molecule has 0 unspecified atom stereocenters. The Hall–Kier alpha value is -2.87. The first kappa shape index (κ1) is 18.9. The molecule has 0 spiro atoms. The average molecular weight is 389 g/mol. The molecule has 1 aliphatic rings.